The van der Waals surface area contributed by atoms with E-state index in [-0.39, 0.29) is 11.8 Å². The van der Waals surface area contributed by atoms with Gasteiger partial charge in [-0.3, -0.25) is 4.79 Å². The Morgan fingerprint density at radius 1 is 0.886 bits per heavy atom. The highest BCUT2D eigenvalue weighted by molar-refractivity contribution is 8.16. The maximum absolute atomic E-state index is 13.8. The molecule has 3 aromatic rings. The van der Waals surface area contributed by atoms with Gasteiger partial charge in [0.15, 0.2) is 11.0 Å². The lowest BCUT2D eigenvalue weighted by Crippen LogP contribution is -2.35. The Labute approximate surface area is 214 Å². The van der Waals surface area contributed by atoms with Gasteiger partial charge in [0, 0.05) is 10.7 Å². The predicted molar refractivity (Wildman–Crippen MR) is 148 cm³/mol. The molecule has 5 heteroatoms. The third kappa shape index (κ3) is 5.09. The van der Waals surface area contributed by atoms with Crippen molar-refractivity contribution < 1.29 is 4.79 Å². The molecule has 2 aliphatic rings. The number of allylic oxidation sites excluding steroid dienone is 3. The number of fused-ring (bicyclic) bond motifs is 1. The summed E-state index contributed by atoms with van der Waals surface area (Å²) < 4.78 is 0. The number of rotatable bonds is 6. The molecule has 1 atom stereocenters. The number of nitrogens with zero attached hydrogens (tertiary/aromatic N) is 2. The zero-order valence-electron chi connectivity index (χ0n) is 19.1. The predicted octanol–water partition coefficient (Wildman–Crippen LogP) is 7.91. The Morgan fingerprint density at radius 2 is 1.51 bits per heavy atom. The molecule has 172 valence electrons. The van der Waals surface area contributed by atoms with Gasteiger partial charge < -0.3 is 4.90 Å². The molecule has 3 nitrogen and oxygen atoms in total. The van der Waals surface area contributed by atoms with Crippen molar-refractivity contribution in [1.29, 1.82) is 0 Å². The van der Waals surface area contributed by atoms with Gasteiger partial charge in [-0.1, -0.05) is 108 Å². The number of benzene rings is 3. The van der Waals surface area contributed by atoms with Gasteiger partial charge in [-0.05, 0) is 53.3 Å². The third-order valence-electron chi connectivity index (χ3n) is 5.86. The Hall–Kier alpha value is -3.60. The number of halogens is 1. The second-order valence-corrected chi connectivity index (χ2v) is 9.52. The summed E-state index contributed by atoms with van der Waals surface area (Å²) in [4.78, 5) is 20.9. The zero-order chi connectivity index (χ0) is 24.2. The number of amidine groups is 1. The minimum atomic E-state index is -0.311. The first-order valence-electron chi connectivity index (χ1n) is 11.3. The van der Waals surface area contributed by atoms with Crippen molar-refractivity contribution in [3.8, 4) is 0 Å². The number of carbonyl (C=O) groups is 1. The van der Waals surface area contributed by atoms with Crippen LogP contribution in [0.25, 0.3) is 12.2 Å². The lowest BCUT2D eigenvalue weighted by Gasteiger charge is -2.35. The number of aliphatic imine (C=N–C) groups is 1. The molecule has 0 fully saturated rings. The van der Waals surface area contributed by atoms with E-state index in [0.29, 0.717) is 16.3 Å². The Morgan fingerprint density at radius 3 is 2.17 bits per heavy atom. The molecule has 35 heavy (non-hydrogen) atoms. The molecule has 0 radical (unpaired) electrons. The van der Waals surface area contributed by atoms with Crippen LogP contribution in [0.2, 0.25) is 5.02 Å². The van der Waals surface area contributed by atoms with Crippen LogP contribution in [0.4, 0.5) is 0 Å². The van der Waals surface area contributed by atoms with Gasteiger partial charge in [-0.25, -0.2) is 4.99 Å². The number of carbonyl (C=O) groups excluding carboxylic acids is 1. The van der Waals surface area contributed by atoms with E-state index in [1.54, 1.807) is 17.8 Å². The molecule has 2 heterocycles. The van der Waals surface area contributed by atoms with Gasteiger partial charge in [-0.2, -0.15) is 0 Å². The van der Waals surface area contributed by atoms with Crippen LogP contribution in [0.3, 0.4) is 0 Å². The molecule has 0 bridgehead atoms. The van der Waals surface area contributed by atoms with E-state index in [1.165, 1.54) is 0 Å². The summed E-state index contributed by atoms with van der Waals surface area (Å²) in [5.74, 6) is -0.0750. The summed E-state index contributed by atoms with van der Waals surface area (Å²) >= 11 is 7.77. The van der Waals surface area contributed by atoms with Gasteiger partial charge in [0.05, 0.1) is 17.3 Å². The van der Waals surface area contributed by atoms with Crippen LogP contribution in [-0.2, 0) is 4.79 Å². The van der Waals surface area contributed by atoms with Crippen LogP contribution >= 0.6 is 23.4 Å². The van der Waals surface area contributed by atoms with Crippen LogP contribution in [0.15, 0.2) is 124 Å². The lowest BCUT2D eigenvalue weighted by atomic mass is 9.90. The van der Waals surface area contributed by atoms with Crippen molar-refractivity contribution >= 4 is 46.5 Å². The van der Waals surface area contributed by atoms with E-state index in [0.717, 1.165) is 27.6 Å². The molecule has 5 rings (SSSR count). The van der Waals surface area contributed by atoms with Crippen molar-refractivity contribution in [3.63, 3.8) is 0 Å². The summed E-state index contributed by atoms with van der Waals surface area (Å²) in [7, 11) is 0. The van der Waals surface area contributed by atoms with Gasteiger partial charge in [0.25, 0.3) is 0 Å². The molecule has 3 aromatic carbocycles. The van der Waals surface area contributed by atoms with Crippen molar-refractivity contribution in [1.82, 2.24) is 4.90 Å². The largest absolute Gasteiger partial charge is 0.312 e. The summed E-state index contributed by atoms with van der Waals surface area (Å²) in [5.41, 5.74) is 5.35. The van der Waals surface area contributed by atoms with E-state index in [4.69, 9.17) is 16.6 Å². The topological polar surface area (TPSA) is 32.7 Å². The minimum Gasteiger partial charge on any atom is -0.312 e. The fraction of sp³-hybridized carbons (Fsp3) is 0.0667. The zero-order valence-corrected chi connectivity index (χ0v) is 20.7. The highest BCUT2D eigenvalue weighted by Crippen LogP contribution is 2.44. The highest BCUT2D eigenvalue weighted by Gasteiger charge is 2.38. The smallest absolute Gasteiger partial charge is 0.186 e. The van der Waals surface area contributed by atoms with Crippen molar-refractivity contribution in [2.24, 2.45) is 4.99 Å². The number of thioether (sulfide) groups is 1. The Balaban J connectivity index is 1.64. The number of ketones is 1. The SMILES string of the molecule is CC1=CSC2=NC(/C=C/c3ccccc3)=C(C(=O)/C=C/c3ccccc3)C(c3ccc(Cl)cc3)N12. The average molecular weight is 495 g/mol. The van der Waals surface area contributed by atoms with E-state index in [2.05, 4.69) is 10.3 Å². The van der Waals surface area contributed by atoms with E-state index < -0.39 is 0 Å². The molecule has 1 unspecified atom stereocenters. The first-order valence-corrected chi connectivity index (χ1v) is 12.6. The maximum Gasteiger partial charge on any atom is 0.186 e. The average Bonchev–Trinajstić information content (AvgIpc) is 3.27. The van der Waals surface area contributed by atoms with Gasteiger partial charge in [-0.15, -0.1) is 0 Å². The summed E-state index contributed by atoms with van der Waals surface area (Å²) in [6.07, 6.45) is 7.45. The summed E-state index contributed by atoms with van der Waals surface area (Å²) in [6.45, 7) is 2.05. The molecule has 0 saturated carbocycles. The number of hydrogen-bond donors (Lipinski definition) is 0. The molecule has 0 amide bonds. The standard InChI is InChI=1S/C30H23ClN2OS/c1-21-20-35-30-32-26(18-12-22-8-4-2-5-9-22)28(27(34)19-13-23-10-6-3-7-11-23)29(33(21)30)24-14-16-25(31)17-15-24/h2-20,29H,1H3/b18-12+,19-13+. The maximum atomic E-state index is 13.8. The lowest BCUT2D eigenvalue weighted by molar-refractivity contribution is -0.111. The normalized spacial score (nSPS) is 17.7. The molecule has 0 aliphatic carbocycles. The molecular weight excluding hydrogens is 472 g/mol. The second kappa shape index (κ2) is 10.3. The molecule has 2 aliphatic heterocycles. The van der Waals surface area contributed by atoms with Crippen molar-refractivity contribution in [2.45, 2.75) is 13.0 Å². The van der Waals surface area contributed by atoms with Crippen LogP contribution in [0, 0.1) is 0 Å². The molecule has 0 spiro atoms. The second-order valence-electron chi connectivity index (χ2n) is 8.25. The van der Waals surface area contributed by atoms with E-state index >= 15 is 0 Å². The Kier molecular flexibility index (Phi) is 6.84. The first kappa shape index (κ1) is 23.2. The molecular formula is C30H23ClN2OS. The third-order valence-corrected chi connectivity index (χ3v) is 7.07. The number of hydrogen-bond acceptors (Lipinski definition) is 4. The van der Waals surface area contributed by atoms with E-state index in [9.17, 15) is 4.79 Å². The van der Waals surface area contributed by atoms with Crippen molar-refractivity contribution in [2.75, 3.05) is 0 Å². The van der Waals surface area contributed by atoms with Gasteiger partial charge >= 0.3 is 0 Å². The highest BCUT2D eigenvalue weighted by atomic mass is 35.5. The molecule has 0 N–H and O–H groups in total. The summed E-state index contributed by atoms with van der Waals surface area (Å²) in [5, 5.41) is 3.60. The fourth-order valence-corrected chi connectivity index (χ4v) is 5.17. The summed E-state index contributed by atoms with van der Waals surface area (Å²) in [6, 6.07) is 27.3. The van der Waals surface area contributed by atoms with Crippen molar-refractivity contribution in [3.05, 3.63) is 141 Å². The minimum absolute atomic E-state index is 0.0750. The first-order chi connectivity index (χ1) is 17.1. The van der Waals surface area contributed by atoms with Crippen LogP contribution in [-0.4, -0.2) is 15.9 Å². The van der Waals surface area contributed by atoms with Crippen LogP contribution in [0.1, 0.15) is 29.7 Å². The fourth-order valence-electron chi connectivity index (χ4n) is 4.14. The quantitative estimate of drug-likeness (QED) is 0.326. The Bertz CT molecular complexity index is 1390. The van der Waals surface area contributed by atoms with Gasteiger partial charge in [0.2, 0.25) is 0 Å². The van der Waals surface area contributed by atoms with Gasteiger partial charge in [0.1, 0.15) is 0 Å². The van der Waals surface area contributed by atoms with E-state index in [1.807, 2.05) is 110 Å². The van der Waals surface area contributed by atoms with Crippen LogP contribution < -0.4 is 0 Å². The molecule has 0 saturated heterocycles. The molecule has 0 aromatic heterocycles. The van der Waals surface area contributed by atoms with Crippen LogP contribution in [0.5, 0.6) is 0 Å². The monoisotopic (exact) mass is 494 g/mol.